The summed E-state index contributed by atoms with van der Waals surface area (Å²) in [5, 5.41) is 20.7. The second-order valence-corrected chi connectivity index (χ2v) is 4.02. The van der Waals surface area contributed by atoms with Gasteiger partial charge in [0, 0.05) is 6.07 Å². The number of carbonyl (C=O) groups excluding carboxylic acids is 1. The number of hydrogen-bond donors (Lipinski definition) is 2. The Hall–Kier alpha value is -2.41. The first-order valence-electron chi connectivity index (χ1n) is 4.78. The van der Waals surface area contributed by atoms with E-state index in [1.807, 2.05) is 0 Å². The van der Waals surface area contributed by atoms with Gasteiger partial charge in [-0.25, -0.2) is 0 Å². The van der Waals surface area contributed by atoms with Gasteiger partial charge < -0.3 is 10.8 Å². The van der Waals surface area contributed by atoms with E-state index in [9.17, 15) is 14.9 Å². The lowest BCUT2D eigenvalue weighted by Gasteiger charge is -1.96. The summed E-state index contributed by atoms with van der Waals surface area (Å²) in [6.07, 6.45) is 0. The Morgan fingerprint density at radius 1 is 1.28 bits per heavy atom. The lowest BCUT2D eigenvalue weighted by molar-refractivity contribution is -0.380. The second kappa shape index (κ2) is 6.36. The van der Waals surface area contributed by atoms with Crippen LogP contribution in [0.3, 0.4) is 0 Å². The molecular formula is C11H10N2O4S. The van der Waals surface area contributed by atoms with Crippen molar-refractivity contribution in [1.29, 1.82) is 0 Å². The molecule has 94 valence electrons. The van der Waals surface area contributed by atoms with Gasteiger partial charge in [0.05, 0.1) is 10.5 Å². The molecule has 0 fully saturated rings. The molecular weight excluding hydrogens is 256 g/mol. The van der Waals surface area contributed by atoms with Crippen molar-refractivity contribution in [2.24, 2.45) is 5.73 Å². The van der Waals surface area contributed by atoms with Gasteiger partial charge in [0.25, 0.3) is 5.91 Å². The average molecular weight is 266 g/mol. The lowest BCUT2D eigenvalue weighted by Crippen LogP contribution is -2.10. The van der Waals surface area contributed by atoms with E-state index in [1.165, 1.54) is 18.2 Å². The SMILES string of the molecule is NC(=O)c1ccccc1O.O=[N+]([O-])c1cccs1. The van der Waals surface area contributed by atoms with Gasteiger partial charge in [-0.1, -0.05) is 23.5 Å². The standard InChI is InChI=1S/C7H7NO2.C4H3NO2S/c8-7(10)5-3-1-2-4-6(5)9;6-5(7)4-2-1-3-8-4/h1-4,9H,(H2,8,10);1-3H. The summed E-state index contributed by atoms with van der Waals surface area (Å²) in [4.78, 5) is 20.0. The van der Waals surface area contributed by atoms with Crippen molar-refractivity contribution in [1.82, 2.24) is 0 Å². The fourth-order valence-electron chi connectivity index (χ4n) is 1.06. The van der Waals surface area contributed by atoms with Crippen molar-refractivity contribution in [3.63, 3.8) is 0 Å². The topological polar surface area (TPSA) is 106 Å². The number of rotatable bonds is 2. The molecule has 1 aromatic heterocycles. The van der Waals surface area contributed by atoms with Gasteiger partial charge in [-0.2, -0.15) is 0 Å². The van der Waals surface area contributed by atoms with Crippen LogP contribution in [0.5, 0.6) is 5.75 Å². The molecule has 0 bridgehead atoms. The summed E-state index contributed by atoms with van der Waals surface area (Å²) < 4.78 is 0. The molecule has 1 aromatic carbocycles. The number of primary amides is 1. The quantitative estimate of drug-likeness (QED) is 0.641. The van der Waals surface area contributed by atoms with Gasteiger partial charge in [-0.3, -0.25) is 14.9 Å². The molecule has 18 heavy (non-hydrogen) atoms. The maximum atomic E-state index is 10.5. The first-order valence-corrected chi connectivity index (χ1v) is 5.66. The Kier molecular flexibility index (Phi) is 4.82. The Morgan fingerprint density at radius 2 is 1.94 bits per heavy atom. The van der Waals surface area contributed by atoms with E-state index in [4.69, 9.17) is 10.8 Å². The zero-order valence-electron chi connectivity index (χ0n) is 9.15. The number of phenols is 1. The third-order valence-corrected chi connectivity index (χ3v) is 2.68. The van der Waals surface area contributed by atoms with Gasteiger partial charge in [-0.15, -0.1) is 0 Å². The fraction of sp³-hybridized carbons (Fsp3) is 0. The van der Waals surface area contributed by atoms with Crippen LogP contribution in [0, 0.1) is 10.1 Å². The molecule has 7 heteroatoms. The summed E-state index contributed by atoms with van der Waals surface area (Å²) in [7, 11) is 0. The van der Waals surface area contributed by atoms with E-state index < -0.39 is 10.8 Å². The third kappa shape index (κ3) is 3.87. The Labute approximate surface area is 106 Å². The van der Waals surface area contributed by atoms with E-state index in [1.54, 1.807) is 23.6 Å². The van der Waals surface area contributed by atoms with Crippen LogP contribution in [-0.2, 0) is 0 Å². The number of nitrogens with zero attached hydrogens (tertiary/aromatic N) is 1. The van der Waals surface area contributed by atoms with E-state index in [-0.39, 0.29) is 16.3 Å². The highest BCUT2D eigenvalue weighted by atomic mass is 32.1. The van der Waals surface area contributed by atoms with Gasteiger partial charge in [-0.05, 0) is 23.6 Å². The minimum Gasteiger partial charge on any atom is -0.507 e. The van der Waals surface area contributed by atoms with Crippen LogP contribution in [0.15, 0.2) is 41.8 Å². The first kappa shape index (κ1) is 13.7. The van der Waals surface area contributed by atoms with E-state index >= 15 is 0 Å². The number of thiophene rings is 1. The Bertz CT molecular complexity index is 540. The zero-order valence-corrected chi connectivity index (χ0v) is 9.96. The van der Waals surface area contributed by atoms with Crippen molar-refractivity contribution in [3.05, 3.63) is 57.5 Å². The van der Waals surface area contributed by atoms with E-state index in [0.29, 0.717) is 0 Å². The number of aromatic hydroxyl groups is 1. The highest BCUT2D eigenvalue weighted by Crippen LogP contribution is 2.16. The average Bonchev–Trinajstić information content (AvgIpc) is 2.83. The molecule has 1 amide bonds. The van der Waals surface area contributed by atoms with Crippen LogP contribution in [0.1, 0.15) is 10.4 Å². The normalized spacial score (nSPS) is 9.11. The lowest BCUT2D eigenvalue weighted by atomic mass is 10.2. The number of nitrogens with two attached hydrogens (primary N) is 1. The molecule has 1 heterocycles. The van der Waals surface area contributed by atoms with Gasteiger partial charge in [0.2, 0.25) is 0 Å². The van der Waals surface area contributed by atoms with Crippen molar-refractivity contribution >= 4 is 22.2 Å². The summed E-state index contributed by atoms with van der Waals surface area (Å²) >= 11 is 1.13. The number of amides is 1. The summed E-state index contributed by atoms with van der Waals surface area (Å²) in [5.74, 6) is -0.687. The van der Waals surface area contributed by atoms with Crippen molar-refractivity contribution in [2.45, 2.75) is 0 Å². The molecule has 0 aliphatic carbocycles. The van der Waals surface area contributed by atoms with Crippen LogP contribution in [-0.4, -0.2) is 15.9 Å². The molecule has 6 nitrogen and oxygen atoms in total. The molecule has 0 saturated carbocycles. The van der Waals surface area contributed by atoms with Crippen molar-refractivity contribution in [3.8, 4) is 5.75 Å². The van der Waals surface area contributed by atoms with Crippen LogP contribution >= 0.6 is 11.3 Å². The monoisotopic (exact) mass is 266 g/mol. The predicted octanol–water partition coefficient (Wildman–Crippen LogP) is 2.15. The summed E-state index contributed by atoms with van der Waals surface area (Å²) in [6.45, 7) is 0. The van der Waals surface area contributed by atoms with Gasteiger partial charge in [0.1, 0.15) is 5.75 Å². The molecule has 2 rings (SSSR count). The highest BCUT2D eigenvalue weighted by molar-refractivity contribution is 7.13. The summed E-state index contributed by atoms with van der Waals surface area (Å²) in [6, 6.07) is 9.28. The smallest absolute Gasteiger partial charge is 0.324 e. The van der Waals surface area contributed by atoms with Crippen LogP contribution in [0.2, 0.25) is 0 Å². The number of benzene rings is 1. The van der Waals surface area contributed by atoms with Crippen LogP contribution in [0.4, 0.5) is 5.00 Å². The highest BCUT2D eigenvalue weighted by Gasteiger charge is 2.03. The molecule has 0 atom stereocenters. The van der Waals surface area contributed by atoms with E-state index in [0.717, 1.165) is 11.3 Å². The van der Waals surface area contributed by atoms with Gasteiger partial charge >= 0.3 is 5.00 Å². The number of nitro groups is 1. The summed E-state index contributed by atoms with van der Waals surface area (Å²) in [5.41, 5.74) is 5.07. The number of para-hydroxylation sites is 1. The van der Waals surface area contributed by atoms with Crippen LogP contribution < -0.4 is 5.73 Å². The number of carbonyl (C=O) groups is 1. The second-order valence-electron chi connectivity index (χ2n) is 3.09. The zero-order chi connectivity index (χ0) is 13.5. The molecule has 0 unspecified atom stereocenters. The molecule has 0 aliphatic heterocycles. The molecule has 0 aliphatic rings. The molecule has 0 radical (unpaired) electrons. The molecule has 3 N–H and O–H groups in total. The molecule has 0 spiro atoms. The predicted molar refractivity (Wildman–Crippen MR) is 67.6 cm³/mol. The first-order chi connectivity index (χ1) is 8.52. The Balaban J connectivity index is 0.000000184. The molecule has 0 saturated heterocycles. The fourth-order valence-corrected chi connectivity index (χ4v) is 1.60. The maximum absolute atomic E-state index is 10.5. The molecule has 2 aromatic rings. The van der Waals surface area contributed by atoms with E-state index in [2.05, 4.69) is 0 Å². The number of hydrogen-bond acceptors (Lipinski definition) is 5. The van der Waals surface area contributed by atoms with Crippen LogP contribution in [0.25, 0.3) is 0 Å². The minimum absolute atomic E-state index is 0.0741. The third-order valence-electron chi connectivity index (χ3n) is 1.86. The minimum atomic E-state index is -0.613. The Morgan fingerprint density at radius 3 is 2.28 bits per heavy atom. The largest absolute Gasteiger partial charge is 0.507 e. The van der Waals surface area contributed by atoms with Gasteiger partial charge in [0.15, 0.2) is 0 Å². The van der Waals surface area contributed by atoms with Crippen molar-refractivity contribution < 1.29 is 14.8 Å². The maximum Gasteiger partial charge on any atom is 0.324 e. The van der Waals surface area contributed by atoms with Crippen molar-refractivity contribution in [2.75, 3.05) is 0 Å².